The fourth-order valence-corrected chi connectivity index (χ4v) is 7.14. The summed E-state index contributed by atoms with van der Waals surface area (Å²) in [4.78, 5) is 20.2. The van der Waals surface area contributed by atoms with Crippen LogP contribution in [0, 0.1) is 0 Å². The molecule has 1 saturated heterocycles. The predicted molar refractivity (Wildman–Crippen MR) is 125 cm³/mol. The number of ether oxygens (including phenoxy) is 1. The lowest BCUT2D eigenvalue weighted by Crippen LogP contribution is -2.40. The molecule has 1 aliphatic heterocycles. The van der Waals surface area contributed by atoms with Crippen molar-refractivity contribution in [1.29, 1.82) is 0 Å². The van der Waals surface area contributed by atoms with Gasteiger partial charge in [-0.25, -0.2) is 13.4 Å². The van der Waals surface area contributed by atoms with Gasteiger partial charge in [-0.15, -0.1) is 11.3 Å². The molecule has 1 fully saturated rings. The molecule has 0 saturated carbocycles. The van der Waals surface area contributed by atoms with Crippen molar-refractivity contribution in [3.63, 3.8) is 0 Å². The summed E-state index contributed by atoms with van der Waals surface area (Å²) in [5.41, 5.74) is 1.83. The third-order valence-electron chi connectivity index (χ3n) is 5.60. The first-order valence-electron chi connectivity index (χ1n) is 10.5. The van der Waals surface area contributed by atoms with Gasteiger partial charge in [-0.05, 0) is 57.2 Å². The molecule has 0 atom stereocenters. The maximum atomic E-state index is 13.4. The Hall–Kier alpha value is -2.43. The summed E-state index contributed by atoms with van der Waals surface area (Å²) in [5.74, 6) is 0.0260. The quantitative estimate of drug-likeness (QED) is 0.584. The monoisotopic (exact) mass is 476 g/mol. The fraction of sp³-hybridized carbons (Fsp3) is 0.455. The van der Waals surface area contributed by atoms with E-state index in [1.807, 2.05) is 39.1 Å². The molecular formula is C22H28N4O4S2. The first-order chi connectivity index (χ1) is 15.1. The number of carbonyl (C=O) groups excluding carboxylic acids is 1. The van der Waals surface area contributed by atoms with Crippen LogP contribution in [-0.4, -0.2) is 54.3 Å². The molecule has 3 aromatic heterocycles. The van der Waals surface area contributed by atoms with Crippen LogP contribution < -0.4 is 10.1 Å². The standard InChI is InChI=1S/C22H28N4O4S2/c1-22(2,3)25-20(27)17-13-31-21(18(17)30-4)32(28,29)26-10-7-14(8-11-26)16-12-24-19-15(16)6-5-9-23-19/h5-6,9,12-14H,7-8,10-11H2,1-4H3,(H,23,24)(H,25,27). The SMILES string of the molecule is COc1c(C(=O)NC(C)(C)C)csc1S(=O)(=O)N1CCC(c2c[nH]c3ncccc23)CC1. The minimum absolute atomic E-state index is 0.0776. The van der Waals surface area contributed by atoms with Gasteiger partial charge in [0.15, 0.2) is 9.96 Å². The van der Waals surface area contributed by atoms with Gasteiger partial charge in [0.25, 0.3) is 15.9 Å². The number of piperidine rings is 1. The highest BCUT2D eigenvalue weighted by atomic mass is 32.2. The molecule has 32 heavy (non-hydrogen) atoms. The summed E-state index contributed by atoms with van der Waals surface area (Å²) in [6, 6.07) is 3.95. The first-order valence-corrected chi connectivity index (χ1v) is 12.8. The smallest absolute Gasteiger partial charge is 0.256 e. The molecule has 1 amide bonds. The molecule has 2 N–H and O–H groups in total. The highest BCUT2D eigenvalue weighted by molar-refractivity contribution is 7.91. The highest BCUT2D eigenvalue weighted by Crippen LogP contribution is 2.39. The van der Waals surface area contributed by atoms with Crippen LogP contribution in [0.2, 0.25) is 0 Å². The first kappa shape index (κ1) is 22.8. The minimum atomic E-state index is -3.77. The van der Waals surface area contributed by atoms with Crippen molar-refractivity contribution in [3.05, 3.63) is 41.0 Å². The average molecular weight is 477 g/mol. The van der Waals surface area contributed by atoms with Crippen molar-refractivity contribution >= 4 is 38.3 Å². The van der Waals surface area contributed by atoms with Gasteiger partial charge in [0.05, 0.1) is 12.7 Å². The van der Waals surface area contributed by atoms with E-state index in [1.54, 1.807) is 11.6 Å². The number of aromatic nitrogens is 2. The van der Waals surface area contributed by atoms with E-state index in [1.165, 1.54) is 17.0 Å². The van der Waals surface area contributed by atoms with Crippen LogP contribution in [0.1, 0.15) is 55.5 Å². The van der Waals surface area contributed by atoms with E-state index >= 15 is 0 Å². The molecule has 4 rings (SSSR count). The van der Waals surface area contributed by atoms with Crippen molar-refractivity contribution in [3.8, 4) is 5.75 Å². The number of amides is 1. The van der Waals surface area contributed by atoms with Crippen LogP contribution in [-0.2, 0) is 10.0 Å². The van der Waals surface area contributed by atoms with Crippen molar-refractivity contribution in [2.24, 2.45) is 0 Å². The number of thiophene rings is 1. The number of nitrogens with zero attached hydrogens (tertiary/aromatic N) is 2. The Kier molecular flexibility index (Phi) is 6.04. The predicted octanol–water partition coefficient (Wildman–Crippen LogP) is 3.73. The number of pyridine rings is 1. The third-order valence-corrected chi connectivity index (χ3v) is 8.97. The molecule has 1 aliphatic rings. The van der Waals surface area contributed by atoms with E-state index in [-0.39, 0.29) is 27.3 Å². The van der Waals surface area contributed by atoms with Crippen molar-refractivity contribution in [2.75, 3.05) is 20.2 Å². The van der Waals surface area contributed by atoms with Crippen molar-refractivity contribution in [2.45, 2.75) is 49.3 Å². The summed E-state index contributed by atoms with van der Waals surface area (Å²) < 4.78 is 33.8. The minimum Gasteiger partial charge on any atom is -0.494 e. The molecule has 4 heterocycles. The summed E-state index contributed by atoms with van der Waals surface area (Å²) >= 11 is 1.03. The van der Waals surface area contributed by atoms with Gasteiger partial charge >= 0.3 is 0 Å². The zero-order valence-electron chi connectivity index (χ0n) is 18.6. The number of sulfonamides is 1. The maximum absolute atomic E-state index is 13.4. The molecule has 0 aromatic carbocycles. The molecule has 8 nitrogen and oxygen atoms in total. The van der Waals surface area contributed by atoms with E-state index in [0.717, 1.165) is 22.4 Å². The second-order valence-electron chi connectivity index (χ2n) is 9.00. The van der Waals surface area contributed by atoms with Crippen molar-refractivity contribution < 1.29 is 17.9 Å². The van der Waals surface area contributed by atoms with E-state index in [9.17, 15) is 13.2 Å². The van der Waals surface area contributed by atoms with Gasteiger partial charge in [-0.1, -0.05) is 0 Å². The number of nitrogens with one attached hydrogen (secondary N) is 2. The highest BCUT2D eigenvalue weighted by Gasteiger charge is 2.36. The van der Waals surface area contributed by atoms with Crippen LogP contribution in [0.25, 0.3) is 11.0 Å². The number of H-pyrrole nitrogens is 1. The zero-order chi connectivity index (χ0) is 23.1. The van der Waals surface area contributed by atoms with Crippen molar-refractivity contribution in [1.82, 2.24) is 19.6 Å². The topological polar surface area (TPSA) is 104 Å². The number of rotatable bonds is 5. The Morgan fingerprint density at radius 3 is 2.69 bits per heavy atom. The molecule has 0 unspecified atom stereocenters. The van der Waals surface area contributed by atoms with Gasteiger partial charge in [0, 0.05) is 41.8 Å². The van der Waals surface area contributed by atoms with Gasteiger partial charge < -0.3 is 15.0 Å². The van der Waals surface area contributed by atoms with E-state index in [0.29, 0.717) is 25.9 Å². The van der Waals surface area contributed by atoms with E-state index < -0.39 is 15.6 Å². The van der Waals surface area contributed by atoms with Gasteiger partial charge in [0.1, 0.15) is 5.65 Å². The van der Waals surface area contributed by atoms with E-state index in [4.69, 9.17) is 4.74 Å². The van der Waals surface area contributed by atoms with Crippen LogP contribution in [0.4, 0.5) is 0 Å². The number of carbonyl (C=O) groups is 1. The van der Waals surface area contributed by atoms with Crippen LogP contribution in [0.3, 0.4) is 0 Å². The lowest BCUT2D eigenvalue weighted by Gasteiger charge is -2.31. The number of hydrogen-bond donors (Lipinski definition) is 2. The Morgan fingerprint density at radius 1 is 1.31 bits per heavy atom. The zero-order valence-corrected chi connectivity index (χ0v) is 20.3. The number of hydrogen-bond acceptors (Lipinski definition) is 6. The third kappa shape index (κ3) is 4.26. The molecule has 0 radical (unpaired) electrons. The summed E-state index contributed by atoms with van der Waals surface area (Å²) in [6.07, 6.45) is 5.16. The molecular weight excluding hydrogens is 448 g/mol. The summed E-state index contributed by atoms with van der Waals surface area (Å²) in [6.45, 7) is 6.43. The van der Waals surface area contributed by atoms with Gasteiger partial charge in [-0.2, -0.15) is 4.31 Å². The largest absolute Gasteiger partial charge is 0.494 e. The molecule has 10 heteroatoms. The van der Waals surface area contributed by atoms with Gasteiger partial charge in [0.2, 0.25) is 0 Å². The molecule has 0 aliphatic carbocycles. The Balaban J connectivity index is 1.53. The van der Waals surface area contributed by atoms with Crippen LogP contribution in [0.15, 0.2) is 34.1 Å². The Labute approximate surface area is 192 Å². The summed E-state index contributed by atoms with van der Waals surface area (Å²) in [5, 5.41) is 5.50. The molecule has 3 aromatic rings. The fourth-order valence-electron chi connectivity index (χ4n) is 4.10. The van der Waals surface area contributed by atoms with E-state index in [2.05, 4.69) is 15.3 Å². The van der Waals surface area contributed by atoms with Gasteiger partial charge in [-0.3, -0.25) is 4.79 Å². The average Bonchev–Trinajstić information content (AvgIpc) is 3.37. The molecule has 172 valence electrons. The maximum Gasteiger partial charge on any atom is 0.256 e. The Bertz CT molecular complexity index is 1230. The van der Waals surface area contributed by atoms with Crippen LogP contribution >= 0.6 is 11.3 Å². The lowest BCUT2D eigenvalue weighted by molar-refractivity contribution is 0.0917. The number of fused-ring (bicyclic) bond motifs is 1. The number of aromatic amines is 1. The summed E-state index contributed by atoms with van der Waals surface area (Å²) in [7, 11) is -2.37. The normalized spacial score (nSPS) is 16.4. The second kappa shape index (κ2) is 8.49. The lowest BCUT2D eigenvalue weighted by atomic mass is 9.90. The van der Waals surface area contributed by atoms with Crippen LogP contribution in [0.5, 0.6) is 5.75 Å². The second-order valence-corrected chi connectivity index (χ2v) is 12.0. The molecule has 0 bridgehead atoms. The Morgan fingerprint density at radius 2 is 2.03 bits per heavy atom. The molecule has 0 spiro atoms. The number of methoxy groups -OCH3 is 1.